The first kappa shape index (κ1) is 9.14. The first-order valence-electron chi connectivity index (χ1n) is 5.12. The maximum Gasteiger partial charge on any atom is 0.0915 e. The van der Waals surface area contributed by atoms with E-state index in [4.69, 9.17) is 11.0 Å². The van der Waals surface area contributed by atoms with Gasteiger partial charge >= 0.3 is 0 Å². The molecule has 1 atom stereocenters. The maximum absolute atomic E-state index is 9.04. The van der Waals surface area contributed by atoms with E-state index in [0.29, 0.717) is 6.42 Å². The van der Waals surface area contributed by atoms with E-state index in [1.165, 1.54) is 18.5 Å². The van der Waals surface area contributed by atoms with Crippen LogP contribution in [0.1, 0.15) is 19.3 Å². The largest absolute Gasteiger partial charge is 0.402 e. The van der Waals surface area contributed by atoms with Crippen molar-refractivity contribution in [1.29, 1.82) is 5.26 Å². The molecule has 2 aliphatic rings. The zero-order chi connectivity index (χ0) is 9.97. The highest BCUT2D eigenvalue weighted by Crippen LogP contribution is 2.27. The van der Waals surface area contributed by atoms with Crippen molar-refractivity contribution < 1.29 is 0 Å². The van der Waals surface area contributed by atoms with Crippen molar-refractivity contribution in [3.8, 4) is 6.07 Å². The molecule has 0 bridgehead atoms. The Morgan fingerprint density at radius 3 is 2.71 bits per heavy atom. The second-order valence-corrected chi connectivity index (χ2v) is 3.91. The van der Waals surface area contributed by atoms with Gasteiger partial charge in [0.25, 0.3) is 0 Å². The third-order valence-corrected chi connectivity index (χ3v) is 2.89. The highest BCUT2D eigenvalue weighted by Gasteiger charge is 2.24. The fraction of sp³-hybridized carbons (Fsp3) is 0.545. The summed E-state index contributed by atoms with van der Waals surface area (Å²) in [6.07, 6.45) is 7.13. The zero-order valence-corrected chi connectivity index (χ0v) is 8.24. The molecule has 0 saturated carbocycles. The van der Waals surface area contributed by atoms with Crippen LogP contribution in [0, 0.1) is 17.2 Å². The molecule has 2 N–H and O–H groups in total. The minimum absolute atomic E-state index is 0.0295. The summed E-state index contributed by atoms with van der Waals surface area (Å²) in [6, 6.07) is 2.33. The Kier molecular flexibility index (Phi) is 2.45. The van der Waals surface area contributed by atoms with Crippen LogP contribution >= 0.6 is 0 Å². The summed E-state index contributed by atoms with van der Waals surface area (Å²) < 4.78 is 0. The molecule has 0 aromatic heterocycles. The maximum atomic E-state index is 9.04. The van der Waals surface area contributed by atoms with Gasteiger partial charge in [-0.2, -0.15) is 5.26 Å². The highest BCUT2D eigenvalue weighted by atomic mass is 15.2. The SMILES string of the molecule is N#CC1CC(N)=CC=C1N1CCCC1. The Labute approximate surface area is 84.5 Å². The van der Waals surface area contributed by atoms with E-state index in [0.717, 1.165) is 18.8 Å². The van der Waals surface area contributed by atoms with E-state index in [1.807, 2.05) is 12.2 Å². The predicted octanol–water partition coefficient (Wildman–Crippen LogP) is 1.35. The van der Waals surface area contributed by atoms with Crippen LogP contribution in [0.4, 0.5) is 0 Å². The van der Waals surface area contributed by atoms with E-state index in [1.54, 1.807) is 0 Å². The van der Waals surface area contributed by atoms with E-state index in [2.05, 4.69) is 11.0 Å². The minimum Gasteiger partial charge on any atom is -0.402 e. The van der Waals surface area contributed by atoms with Crippen LogP contribution in [0.3, 0.4) is 0 Å². The fourth-order valence-electron chi connectivity index (χ4n) is 2.13. The molecule has 3 nitrogen and oxygen atoms in total. The molecule has 1 aliphatic carbocycles. The summed E-state index contributed by atoms with van der Waals surface area (Å²) in [5.74, 6) is -0.0295. The van der Waals surface area contributed by atoms with Crippen molar-refractivity contribution >= 4 is 0 Å². The molecule has 2 rings (SSSR count). The van der Waals surface area contributed by atoms with Gasteiger partial charge in [-0.3, -0.25) is 0 Å². The van der Waals surface area contributed by atoms with Gasteiger partial charge < -0.3 is 10.6 Å². The number of rotatable bonds is 1. The molecule has 14 heavy (non-hydrogen) atoms. The standard InChI is InChI=1S/C11H15N3/c12-8-9-7-10(13)3-4-11(9)14-5-1-2-6-14/h3-4,9H,1-2,5-7,13H2. The third kappa shape index (κ3) is 1.60. The number of allylic oxidation sites excluding steroid dienone is 4. The molecule has 1 heterocycles. The topological polar surface area (TPSA) is 53.1 Å². The Hall–Kier alpha value is -1.43. The monoisotopic (exact) mass is 189 g/mol. The van der Waals surface area contributed by atoms with E-state index in [9.17, 15) is 0 Å². The summed E-state index contributed by atoms with van der Waals surface area (Å²) in [5, 5.41) is 9.04. The van der Waals surface area contributed by atoms with Crippen LogP contribution in [-0.2, 0) is 0 Å². The Bertz CT molecular complexity index is 316. The first-order chi connectivity index (χ1) is 6.81. The van der Waals surface area contributed by atoms with Crippen molar-refractivity contribution in [3.63, 3.8) is 0 Å². The lowest BCUT2D eigenvalue weighted by Gasteiger charge is -2.27. The highest BCUT2D eigenvalue weighted by molar-refractivity contribution is 5.28. The predicted molar refractivity (Wildman–Crippen MR) is 54.9 cm³/mol. The molecule has 3 heteroatoms. The number of likely N-dealkylation sites (tertiary alicyclic amines) is 1. The van der Waals surface area contributed by atoms with Crippen molar-refractivity contribution in [1.82, 2.24) is 4.90 Å². The van der Waals surface area contributed by atoms with Gasteiger partial charge in [-0.15, -0.1) is 0 Å². The van der Waals surface area contributed by atoms with E-state index < -0.39 is 0 Å². The van der Waals surface area contributed by atoms with Crippen molar-refractivity contribution in [3.05, 3.63) is 23.5 Å². The molecule has 0 spiro atoms. The van der Waals surface area contributed by atoms with Gasteiger partial charge in [-0.05, 0) is 25.0 Å². The number of nitrogens with two attached hydrogens (primary N) is 1. The Morgan fingerprint density at radius 2 is 2.07 bits per heavy atom. The van der Waals surface area contributed by atoms with Gasteiger partial charge in [0, 0.05) is 30.9 Å². The molecule has 0 amide bonds. The molecule has 0 aromatic rings. The van der Waals surface area contributed by atoms with Crippen molar-refractivity contribution in [2.24, 2.45) is 11.7 Å². The Balaban J connectivity index is 2.18. The first-order valence-corrected chi connectivity index (χ1v) is 5.12. The Morgan fingerprint density at radius 1 is 1.36 bits per heavy atom. The average molecular weight is 189 g/mol. The van der Waals surface area contributed by atoms with E-state index >= 15 is 0 Å². The summed E-state index contributed by atoms with van der Waals surface area (Å²) >= 11 is 0. The third-order valence-electron chi connectivity index (χ3n) is 2.89. The van der Waals surface area contributed by atoms with E-state index in [-0.39, 0.29) is 5.92 Å². The molecule has 1 aliphatic heterocycles. The lowest BCUT2D eigenvalue weighted by Crippen LogP contribution is -2.26. The molecule has 1 unspecified atom stereocenters. The number of hydrogen-bond donors (Lipinski definition) is 1. The summed E-state index contributed by atoms with van der Waals surface area (Å²) in [4.78, 5) is 2.32. The van der Waals surface area contributed by atoms with Gasteiger partial charge in [-0.1, -0.05) is 0 Å². The van der Waals surface area contributed by atoms with Gasteiger partial charge in [0.15, 0.2) is 0 Å². The quantitative estimate of drug-likeness (QED) is 0.677. The normalized spacial score (nSPS) is 26.8. The lowest BCUT2D eigenvalue weighted by molar-refractivity contribution is 0.382. The van der Waals surface area contributed by atoms with Gasteiger partial charge in [0.1, 0.15) is 0 Å². The smallest absolute Gasteiger partial charge is 0.0915 e. The molecule has 74 valence electrons. The molecule has 1 fully saturated rings. The van der Waals surface area contributed by atoms with Gasteiger partial charge in [0.2, 0.25) is 0 Å². The van der Waals surface area contributed by atoms with Crippen LogP contribution < -0.4 is 5.73 Å². The molecule has 0 aromatic carbocycles. The average Bonchev–Trinajstić information content (AvgIpc) is 2.70. The van der Waals surface area contributed by atoms with Crippen molar-refractivity contribution in [2.45, 2.75) is 19.3 Å². The van der Waals surface area contributed by atoms with Crippen LogP contribution in [0.25, 0.3) is 0 Å². The van der Waals surface area contributed by atoms with Gasteiger partial charge in [0.05, 0.1) is 12.0 Å². The van der Waals surface area contributed by atoms with Gasteiger partial charge in [-0.25, -0.2) is 0 Å². The fourth-order valence-corrected chi connectivity index (χ4v) is 2.13. The molecule has 0 radical (unpaired) electrons. The summed E-state index contributed by atoms with van der Waals surface area (Å²) in [6.45, 7) is 2.19. The molecule has 1 saturated heterocycles. The zero-order valence-electron chi connectivity index (χ0n) is 8.24. The van der Waals surface area contributed by atoms with Crippen molar-refractivity contribution in [2.75, 3.05) is 13.1 Å². The molecular formula is C11H15N3. The van der Waals surface area contributed by atoms with Crippen LogP contribution in [-0.4, -0.2) is 18.0 Å². The number of nitrogens with zero attached hydrogens (tertiary/aromatic N) is 2. The second kappa shape index (κ2) is 3.75. The second-order valence-electron chi connectivity index (χ2n) is 3.91. The molecular weight excluding hydrogens is 174 g/mol. The summed E-state index contributed by atoms with van der Waals surface area (Å²) in [5.41, 5.74) is 7.69. The summed E-state index contributed by atoms with van der Waals surface area (Å²) in [7, 11) is 0. The lowest BCUT2D eigenvalue weighted by atomic mass is 9.95. The number of nitriles is 1. The van der Waals surface area contributed by atoms with Crippen LogP contribution in [0.5, 0.6) is 0 Å². The number of hydrogen-bond acceptors (Lipinski definition) is 3. The van der Waals surface area contributed by atoms with Crippen LogP contribution in [0.2, 0.25) is 0 Å². The minimum atomic E-state index is -0.0295. The van der Waals surface area contributed by atoms with Crippen LogP contribution in [0.15, 0.2) is 23.5 Å².